The minimum Gasteiger partial charge on any atom is -0.338 e. The van der Waals surface area contributed by atoms with Crippen molar-refractivity contribution in [1.29, 1.82) is 0 Å². The first-order valence-electron chi connectivity index (χ1n) is 7.90. The molecule has 0 radical (unpaired) electrons. The van der Waals surface area contributed by atoms with E-state index in [1.165, 1.54) is 13.0 Å². The van der Waals surface area contributed by atoms with Crippen molar-refractivity contribution in [3.05, 3.63) is 0 Å². The van der Waals surface area contributed by atoms with E-state index in [9.17, 15) is 4.79 Å². The fourth-order valence-corrected chi connectivity index (χ4v) is 3.39. The smallest absolute Gasteiger partial charge is 0.240 e. The third kappa shape index (κ3) is 3.69. The van der Waals surface area contributed by atoms with Gasteiger partial charge in [0.2, 0.25) is 5.91 Å². The molecule has 0 bridgehead atoms. The van der Waals surface area contributed by atoms with Gasteiger partial charge in [-0.2, -0.15) is 0 Å². The van der Waals surface area contributed by atoms with E-state index in [-0.39, 0.29) is 6.04 Å². The molecule has 2 fully saturated rings. The standard InChI is InChI=1S/C15H29N3O/c1-4-8-17-9-5-13(6-10-17)18-11-7-14(15(18)19)16-12(2)3/h12-14,16H,4-11H2,1-3H3. The van der Waals surface area contributed by atoms with E-state index in [0.29, 0.717) is 18.0 Å². The Hall–Kier alpha value is -0.610. The summed E-state index contributed by atoms with van der Waals surface area (Å²) < 4.78 is 0. The van der Waals surface area contributed by atoms with Crippen LogP contribution in [0.4, 0.5) is 0 Å². The van der Waals surface area contributed by atoms with Crippen molar-refractivity contribution in [1.82, 2.24) is 15.1 Å². The highest BCUT2D eigenvalue weighted by molar-refractivity contribution is 5.84. The second-order valence-corrected chi connectivity index (χ2v) is 6.27. The van der Waals surface area contributed by atoms with Crippen LogP contribution in [0.2, 0.25) is 0 Å². The van der Waals surface area contributed by atoms with Crippen molar-refractivity contribution >= 4 is 5.91 Å². The van der Waals surface area contributed by atoms with Gasteiger partial charge in [-0.3, -0.25) is 4.79 Å². The molecule has 0 aromatic heterocycles. The first-order chi connectivity index (χ1) is 9.11. The first kappa shape index (κ1) is 14.8. The monoisotopic (exact) mass is 267 g/mol. The van der Waals surface area contributed by atoms with Gasteiger partial charge in [-0.05, 0) is 32.2 Å². The Morgan fingerprint density at radius 1 is 1.21 bits per heavy atom. The third-order valence-corrected chi connectivity index (χ3v) is 4.31. The number of nitrogens with zero attached hydrogens (tertiary/aromatic N) is 2. The van der Waals surface area contributed by atoms with Gasteiger partial charge in [0.05, 0.1) is 6.04 Å². The summed E-state index contributed by atoms with van der Waals surface area (Å²) in [6, 6.07) is 0.938. The number of amides is 1. The number of carbonyl (C=O) groups is 1. The molecule has 4 nitrogen and oxygen atoms in total. The van der Waals surface area contributed by atoms with Crippen molar-refractivity contribution < 1.29 is 4.79 Å². The Morgan fingerprint density at radius 3 is 2.47 bits per heavy atom. The van der Waals surface area contributed by atoms with Gasteiger partial charge in [-0.25, -0.2) is 0 Å². The van der Waals surface area contributed by atoms with Crippen LogP contribution in [-0.4, -0.2) is 60.0 Å². The Bertz CT molecular complexity index is 298. The predicted octanol–water partition coefficient (Wildman–Crippen LogP) is 1.46. The molecule has 2 rings (SSSR count). The Labute approximate surface area is 117 Å². The number of hydrogen-bond acceptors (Lipinski definition) is 3. The molecular weight excluding hydrogens is 238 g/mol. The summed E-state index contributed by atoms with van der Waals surface area (Å²) in [5.74, 6) is 0.336. The molecule has 0 aliphatic carbocycles. The second kappa shape index (κ2) is 6.71. The molecule has 0 aromatic rings. The maximum atomic E-state index is 12.4. The fraction of sp³-hybridized carbons (Fsp3) is 0.933. The molecule has 1 atom stereocenters. The molecule has 19 heavy (non-hydrogen) atoms. The first-order valence-corrected chi connectivity index (χ1v) is 7.90. The molecule has 1 amide bonds. The van der Waals surface area contributed by atoms with E-state index < -0.39 is 0 Å². The molecule has 2 aliphatic rings. The van der Waals surface area contributed by atoms with Gasteiger partial charge in [0.25, 0.3) is 0 Å². The molecule has 4 heteroatoms. The Kier molecular flexibility index (Phi) is 5.22. The van der Waals surface area contributed by atoms with E-state index in [1.54, 1.807) is 0 Å². The molecule has 0 spiro atoms. The zero-order chi connectivity index (χ0) is 13.8. The van der Waals surface area contributed by atoms with E-state index in [4.69, 9.17) is 0 Å². The van der Waals surface area contributed by atoms with Crippen molar-refractivity contribution in [2.75, 3.05) is 26.2 Å². The number of rotatable bonds is 5. The summed E-state index contributed by atoms with van der Waals surface area (Å²) in [6.07, 6.45) is 4.51. The zero-order valence-corrected chi connectivity index (χ0v) is 12.7. The molecule has 2 heterocycles. The Morgan fingerprint density at radius 2 is 1.89 bits per heavy atom. The lowest BCUT2D eigenvalue weighted by molar-refractivity contribution is -0.132. The zero-order valence-electron chi connectivity index (χ0n) is 12.7. The van der Waals surface area contributed by atoms with Crippen LogP contribution >= 0.6 is 0 Å². The van der Waals surface area contributed by atoms with E-state index >= 15 is 0 Å². The van der Waals surface area contributed by atoms with Crippen molar-refractivity contribution in [2.45, 2.75) is 64.6 Å². The number of likely N-dealkylation sites (tertiary alicyclic amines) is 2. The van der Waals surface area contributed by atoms with Crippen LogP contribution in [0.5, 0.6) is 0 Å². The van der Waals surface area contributed by atoms with E-state index in [2.05, 4.69) is 35.9 Å². The van der Waals surface area contributed by atoms with Gasteiger partial charge < -0.3 is 15.1 Å². The highest BCUT2D eigenvalue weighted by Gasteiger charge is 2.36. The molecule has 2 saturated heterocycles. The third-order valence-electron chi connectivity index (χ3n) is 4.31. The average molecular weight is 267 g/mol. The summed E-state index contributed by atoms with van der Waals surface area (Å²) in [5, 5.41) is 3.39. The van der Waals surface area contributed by atoms with Gasteiger partial charge >= 0.3 is 0 Å². The van der Waals surface area contributed by atoms with Crippen LogP contribution in [0, 0.1) is 0 Å². The van der Waals surface area contributed by atoms with Crippen LogP contribution in [0.1, 0.15) is 46.5 Å². The van der Waals surface area contributed by atoms with Gasteiger partial charge in [-0.1, -0.05) is 20.8 Å². The van der Waals surface area contributed by atoms with Crippen LogP contribution < -0.4 is 5.32 Å². The lowest BCUT2D eigenvalue weighted by atomic mass is 10.0. The summed E-state index contributed by atoms with van der Waals surface area (Å²) in [6.45, 7) is 10.9. The summed E-state index contributed by atoms with van der Waals surface area (Å²) in [7, 11) is 0. The Balaban J connectivity index is 1.82. The minimum atomic E-state index is 0.0636. The average Bonchev–Trinajstić information content (AvgIpc) is 2.72. The quantitative estimate of drug-likeness (QED) is 0.819. The van der Waals surface area contributed by atoms with Crippen LogP contribution in [0.15, 0.2) is 0 Å². The molecule has 1 N–H and O–H groups in total. The fourth-order valence-electron chi connectivity index (χ4n) is 3.39. The largest absolute Gasteiger partial charge is 0.338 e. The number of carbonyl (C=O) groups excluding carboxylic acids is 1. The van der Waals surface area contributed by atoms with Gasteiger partial charge in [0.15, 0.2) is 0 Å². The van der Waals surface area contributed by atoms with Crippen LogP contribution in [0.25, 0.3) is 0 Å². The van der Waals surface area contributed by atoms with Crippen LogP contribution in [-0.2, 0) is 4.79 Å². The highest BCUT2D eigenvalue weighted by Crippen LogP contribution is 2.22. The van der Waals surface area contributed by atoms with Crippen molar-refractivity contribution in [2.24, 2.45) is 0 Å². The number of piperidine rings is 1. The molecule has 0 saturated carbocycles. The SMILES string of the molecule is CCCN1CCC(N2CCC(NC(C)C)C2=O)CC1. The van der Waals surface area contributed by atoms with E-state index in [0.717, 1.165) is 38.9 Å². The second-order valence-electron chi connectivity index (χ2n) is 6.27. The molecular formula is C15H29N3O. The summed E-state index contributed by atoms with van der Waals surface area (Å²) >= 11 is 0. The van der Waals surface area contributed by atoms with Gasteiger partial charge in [-0.15, -0.1) is 0 Å². The lowest BCUT2D eigenvalue weighted by Gasteiger charge is -2.36. The normalized spacial score (nSPS) is 26.6. The molecule has 0 aromatic carbocycles. The van der Waals surface area contributed by atoms with Crippen molar-refractivity contribution in [3.8, 4) is 0 Å². The summed E-state index contributed by atoms with van der Waals surface area (Å²) in [4.78, 5) is 17.1. The topological polar surface area (TPSA) is 35.6 Å². The maximum Gasteiger partial charge on any atom is 0.240 e. The summed E-state index contributed by atoms with van der Waals surface area (Å²) in [5.41, 5.74) is 0. The lowest BCUT2D eigenvalue weighted by Crippen LogP contribution is -2.48. The van der Waals surface area contributed by atoms with E-state index in [1.807, 2.05) is 0 Å². The van der Waals surface area contributed by atoms with Crippen molar-refractivity contribution in [3.63, 3.8) is 0 Å². The number of hydrogen-bond donors (Lipinski definition) is 1. The molecule has 1 unspecified atom stereocenters. The van der Waals surface area contributed by atoms with Gasteiger partial charge in [0, 0.05) is 31.7 Å². The number of nitrogens with one attached hydrogen (secondary N) is 1. The highest BCUT2D eigenvalue weighted by atomic mass is 16.2. The van der Waals surface area contributed by atoms with Gasteiger partial charge in [0.1, 0.15) is 0 Å². The maximum absolute atomic E-state index is 12.4. The predicted molar refractivity (Wildman–Crippen MR) is 78.1 cm³/mol. The molecule has 110 valence electrons. The molecule has 2 aliphatic heterocycles. The van der Waals surface area contributed by atoms with Crippen LogP contribution in [0.3, 0.4) is 0 Å². The minimum absolute atomic E-state index is 0.0636.